The molecule has 0 unspecified atom stereocenters. The van der Waals surface area contributed by atoms with Gasteiger partial charge < -0.3 is 10.6 Å². The smallest absolute Gasteiger partial charge is 0.240 e. The van der Waals surface area contributed by atoms with Crippen molar-refractivity contribution in [1.82, 2.24) is 5.32 Å². The van der Waals surface area contributed by atoms with Crippen molar-refractivity contribution in [2.24, 2.45) is 16.1 Å². The van der Waals surface area contributed by atoms with Crippen LogP contribution in [0.2, 0.25) is 0 Å². The van der Waals surface area contributed by atoms with Crippen LogP contribution in [0.25, 0.3) is 0 Å². The summed E-state index contributed by atoms with van der Waals surface area (Å²) in [6, 6.07) is 7.75. The minimum atomic E-state index is -0.473. The molecule has 6 nitrogen and oxygen atoms in total. The molecule has 1 aromatic carbocycles. The van der Waals surface area contributed by atoms with E-state index in [1.54, 1.807) is 0 Å². The molecule has 2 amide bonds. The summed E-state index contributed by atoms with van der Waals surface area (Å²) in [6.45, 7) is 4.10. The largest absolute Gasteiger partial charge is 0.326 e. The number of hydrogen-bond donors (Lipinski definition) is 2. The van der Waals surface area contributed by atoms with Gasteiger partial charge in [0, 0.05) is 17.8 Å². The van der Waals surface area contributed by atoms with E-state index in [9.17, 15) is 9.59 Å². The van der Waals surface area contributed by atoms with Crippen LogP contribution in [0.4, 0.5) is 5.69 Å². The summed E-state index contributed by atoms with van der Waals surface area (Å²) in [6.07, 6.45) is 7.20. The molecule has 1 saturated carbocycles. The van der Waals surface area contributed by atoms with Crippen molar-refractivity contribution in [3.05, 3.63) is 29.8 Å². The van der Waals surface area contributed by atoms with Gasteiger partial charge in [0.1, 0.15) is 5.25 Å². The lowest BCUT2D eigenvalue weighted by Crippen LogP contribution is -2.28. The lowest BCUT2D eigenvalue weighted by molar-refractivity contribution is -0.122. The fraction of sp³-hybridized carbons (Fsp3) is 0.524. The van der Waals surface area contributed by atoms with Crippen molar-refractivity contribution in [2.75, 3.05) is 5.32 Å². The van der Waals surface area contributed by atoms with Gasteiger partial charge in [0.05, 0.1) is 0 Å². The van der Waals surface area contributed by atoms with E-state index in [0.29, 0.717) is 11.1 Å². The summed E-state index contributed by atoms with van der Waals surface area (Å²) in [5.74, 6) is 0.131. The summed E-state index contributed by atoms with van der Waals surface area (Å²) >= 11 is 1.27. The van der Waals surface area contributed by atoms with Gasteiger partial charge in [-0.3, -0.25) is 9.59 Å². The Morgan fingerprint density at radius 3 is 2.61 bits per heavy atom. The highest BCUT2D eigenvalue weighted by Crippen LogP contribution is 2.26. The molecule has 3 rings (SSSR count). The predicted molar refractivity (Wildman–Crippen MR) is 116 cm³/mol. The van der Waals surface area contributed by atoms with Gasteiger partial charge in [-0.25, -0.2) is 0 Å². The Morgan fingerprint density at radius 2 is 1.93 bits per heavy atom. The van der Waals surface area contributed by atoms with Crippen LogP contribution in [-0.2, 0) is 16.0 Å². The maximum atomic E-state index is 12.3. The first-order valence-corrected chi connectivity index (χ1v) is 10.9. The Labute approximate surface area is 170 Å². The number of carbonyl (C=O) groups excluding carboxylic acids is 2. The zero-order valence-corrected chi connectivity index (χ0v) is 17.3. The number of rotatable bonds is 6. The molecule has 1 saturated heterocycles. The summed E-state index contributed by atoms with van der Waals surface area (Å²) in [5.41, 5.74) is 2.99. The SMILES string of the molecule is CCc1ccc(NC(=O)C[C@H]2SC(=NN=C(C)C3CCCCC3)NC2=O)cc1. The molecule has 28 heavy (non-hydrogen) atoms. The second-order valence-electron chi connectivity index (χ2n) is 7.38. The standard InChI is InChI=1S/C21H28N4O2S/c1-3-15-9-11-17(12-10-15)22-19(26)13-18-20(27)23-21(28-18)25-24-14(2)16-7-5-4-6-8-16/h9-12,16,18H,3-8,13H2,1-2H3,(H,22,26)(H,23,25,27)/t18-/m1/s1. The quantitative estimate of drug-likeness (QED) is 0.556. The first-order valence-electron chi connectivity index (χ1n) is 10.0. The van der Waals surface area contributed by atoms with Gasteiger partial charge in [-0.2, -0.15) is 5.10 Å². The number of amidine groups is 1. The maximum absolute atomic E-state index is 12.3. The van der Waals surface area contributed by atoms with Crippen LogP contribution in [0.1, 0.15) is 57.9 Å². The van der Waals surface area contributed by atoms with Crippen molar-refractivity contribution in [1.29, 1.82) is 0 Å². The van der Waals surface area contributed by atoms with E-state index in [4.69, 9.17) is 0 Å². The Hall–Kier alpha value is -2.15. The lowest BCUT2D eigenvalue weighted by Gasteiger charge is -2.20. The summed E-state index contributed by atoms with van der Waals surface area (Å²) in [7, 11) is 0. The topological polar surface area (TPSA) is 82.9 Å². The summed E-state index contributed by atoms with van der Waals surface area (Å²) in [4.78, 5) is 24.4. The fourth-order valence-corrected chi connectivity index (χ4v) is 4.43. The van der Waals surface area contributed by atoms with E-state index >= 15 is 0 Å². The molecule has 0 bridgehead atoms. The molecule has 7 heteroatoms. The van der Waals surface area contributed by atoms with Crippen LogP contribution < -0.4 is 10.6 Å². The first-order chi connectivity index (χ1) is 13.5. The third-order valence-corrected chi connectivity index (χ3v) is 6.36. The Morgan fingerprint density at radius 1 is 1.21 bits per heavy atom. The number of nitrogens with zero attached hydrogens (tertiary/aromatic N) is 2. The zero-order chi connectivity index (χ0) is 19.9. The molecule has 0 radical (unpaired) electrons. The van der Waals surface area contributed by atoms with Gasteiger partial charge in [-0.1, -0.05) is 50.1 Å². The van der Waals surface area contributed by atoms with Crippen LogP contribution in [-0.4, -0.2) is 27.9 Å². The summed E-state index contributed by atoms with van der Waals surface area (Å²) < 4.78 is 0. The second-order valence-corrected chi connectivity index (χ2v) is 8.57. The fourth-order valence-electron chi connectivity index (χ4n) is 3.52. The van der Waals surface area contributed by atoms with Gasteiger partial charge >= 0.3 is 0 Å². The summed E-state index contributed by atoms with van der Waals surface area (Å²) in [5, 5.41) is 14.1. The number of benzene rings is 1. The predicted octanol–water partition coefficient (Wildman–Crippen LogP) is 4.12. The van der Waals surface area contributed by atoms with E-state index in [1.807, 2.05) is 31.2 Å². The number of aryl methyl sites for hydroxylation is 1. The minimum Gasteiger partial charge on any atom is -0.326 e. The van der Waals surface area contributed by atoms with Gasteiger partial charge in [0.25, 0.3) is 0 Å². The van der Waals surface area contributed by atoms with Crippen molar-refractivity contribution < 1.29 is 9.59 Å². The Bertz CT molecular complexity index is 767. The number of amides is 2. The number of anilines is 1. The van der Waals surface area contributed by atoms with Crippen molar-refractivity contribution in [3.8, 4) is 0 Å². The molecule has 1 aliphatic carbocycles. The molecule has 150 valence electrons. The van der Waals surface area contributed by atoms with E-state index < -0.39 is 5.25 Å². The Kier molecular flexibility index (Phi) is 7.25. The van der Waals surface area contributed by atoms with Crippen LogP contribution >= 0.6 is 11.8 Å². The zero-order valence-electron chi connectivity index (χ0n) is 16.5. The van der Waals surface area contributed by atoms with Gasteiger partial charge in [0.2, 0.25) is 11.8 Å². The average Bonchev–Trinajstić information content (AvgIpc) is 3.06. The highest BCUT2D eigenvalue weighted by Gasteiger charge is 2.32. The minimum absolute atomic E-state index is 0.108. The molecule has 1 heterocycles. The Balaban J connectivity index is 1.52. The van der Waals surface area contributed by atoms with E-state index in [1.165, 1.54) is 49.4 Å². The lowest BCUT2D eigenvalue weighted by atomic mass is 9.86. The molecule has 1 aliphatic heterocycles. The molecule has 0 spiro atoms. The van der Waals surface area contributed by atoms with E-state index in [2.05, 4.69) is 27.8 Å². The molecule has 1 atom stereocenters. The molecule has 2 aliphatic rings. The van der Waals surface area contributed by atoms with Crippen LogP contribution in [0.5, 0.6) is 0 Å². The first kappa shape index (κ1) is 20.6. The van der Waals surface area contributed by atoms with Crippen LogP contribution in [0.3, 0.4) is 0 Å². The van der Waals surface area contributed by atoms with E-state index in [0.717, 1.165) is 17.8 Å². The van der Waals surface area contributed by atoms with Crippen molar-refractivity contribution >= 4 is 40.1 Å². The molecular formula is C21H28N4O2S. The maximum Gasteiger partial charge on any atom is 0.240 e. The third-order valence-electron chi connectivity index (χ3n) is 5.29. The molecule has 1 aromatic rings. The van der Waals surface area contributed by atoms with Gasteiger partial charge in [-0.05, 0) is 49.8 Å². The number of thioether (sulfide) groups is 1. The highest BCUT2D eigenvalue weighted by molar-refractivity contribution is 8.15. The van der Waals surface area contributed by atoms with Crippen molar-refractivity contribution in [3.63, 3.8) is 0 Å². The monoisotopic (exact) mass is 400 g/mol. The van der Waals surface area contributed by atoms with E-state index in [-0.39, 0.29) is 18.2 Å². The highest BCUT2D eigenvalue weighted by atomic mass is 32.2. The van der Waals surface area contributed by atoms with Crippen molar-refractivity contribution in [2.45, 2.75) is 64.0 Å². The van der Waals surface area contributed by atoms with Gasteiger partial charge in [-0.15, -0.1) is 5.10 Å². The average molecular weight is 401 g/mol. The number of hydrogen-bond acceptors (Lipinski definition) is 5. The molecule has 2 fully saturated rings. The molecular weight excluding hydrogens is 372 g/mol. The number of nitrogens with one attached hydrogen (secondary N) is 2. The normalized spacial score (nSPS) is 22.4. The van der Waals surface area contributed by atoms with Crippen LogP contribution in [0.15, 0.2) is 34.5 Å². The molecule has 2 N–H and O–H groups in total. The number of carbonyl (C=O) groups is 2. The second kappa shape index (κ2) is 9.87. The van der Waals surface area contributed by atoms with Gasteiger partial charge in [0.15, 0.2) is 5.17 Å². The van der Waals surface area contributed by atoms with Crippen LogP contribution in [0, 0.1) is 5.92 Å². The molecule has 0 aromatic heterocycles. The third kappa shape index (κ3) is 5.67.